The molecule has 5 rings (SSSR count). The molecule has 1 atom stereocenters. The largest absolute Gasteiger partial charge is 0.481 e. The summed E-state index contributed by atoms with van der Waals surface area (Å²) < 4.78 is 16.2. The second-order valence-electron chi connectivity index (χ2n) is 9.46. The zero-order valence-electron chi connectivity index (χ0n) is 19.7. The average Bonchev–Trinajstić information content (AvgIpc) is 3.65. The van der Waals surface area contributed by atoms with Crippen LogP contribution in [0.1, 0.15) is 58.9 Å². The first-order valence-corrected chi connectivity index (χ1v) is 12.0. The Hall–Kier alpha value is -4.03. The summed E-state index contributed by atoms with van der Waals surface area (Å²) >= 11 is 0. The van der Waals surface area contributed by atoms with Gasteiger partial charge in [0, 0.05) is 30.4 Å². The highest BCUT2D eigenvalue weighted by molar-refractivity contribution is 5.96. The topological polar surface area (TPSA) is 125 Å². The Morgan fingerprint density at radius 3 is 2.53 bits per heavy atom. The Kier molecular flexibility index (Phi) is 6.29. The molecule has 1 saturated heterocycles. The molecule has 36 heavy (non-hydrogen) atoms. The normalized spacial score (nSPS) is 17.6. The van der Waals surface area contributed by atoms with Crippen molar-refractivity contribution in [3.63, 3.8) is 0 Å². The smallest absolute Gasteiger partial charge is 0.309 e. The highest BCUT2D eigenvalue weighted by Gasteiger charge is 2.31. The van der Waals surface area contributed by atoms with E-state index in [0.29, 0.717) is 30.3 Å². The molecular weight excluding hydrogens is 461 g/mol. The average molecular weight is 488 g/mol. The Labute approximate surface area is 207 Å². The van der Waals surface area contributed by atoms with Gasteiger partial charge in [0.05, 0.1) is 17.7 Å². The molecule has 9 heteroatoms. The number of hydrogen-bond acceptors (Lipinski definition) is 5. The number of halogens is 1. The molecule has 0 spiro atoms. The molecule has 3 N–H and O–H groups in total. The van der Waals surface area contributed by atoms with Gasteiger partial charge in [0.2, 0.25) is 0 Å². The Bertz CT molecular complexity index is 1370. The number of nitrogens with two attached hydrogens (primary N) is 1. The number of carbonyl (C=O) groups excluding carboxylic acids is 1. The summed E-state index contributed by atoms with van der Waals surface area (Å²) in [4.78, 5) is 31.7. The first kappa shape index (κ1) is 23.7. The summed E-state index contributed by atoms with van der Waals surface area (Å²) in [5.74, 6) is -1.47. The first-order valence-electron chi connectivity index (χ1n) is 12.0. The van der Waals surface area contributed by atoms with Gasteiger partial charge < -0.3 is 15.7 Å². The van der Waals surface area contributed by atoms with Crippen LogP contribution in [0.15, 0.2) is 42.5 Å². The van der Waals surface area contributed by atoms with E-state index in [1.807, 2.05) is 24.3 Å². The number of carbonyl (C=O) groups is 2. The summed E-state index contributed by atoms with van der Waals surface area (Å²) in [5.41, 5.74) is 8.34. The lowest BCUT2D eigenvalue weighted by molar-refractivity contribution is -0.136. The molecule has 2 heterocycles. The minimum absolute atomic E-state index is 0.0116. The summed E-state index contributed by atoms with van der Waals surface area (Å²) in [5, 5.41) is 18.9. The molecule has 2 aliphatic rings. The van der Waals surface area contributed by atoms with Gasteiger partial charge in [-0.3, -0.25) is 14.2 Å². The van der Waals surface area contributed by atoms with Crippen LogP contribution < -0.4 is 5.73 Å². The van der Waals surface area contributed by atoms with Gasteiger partial charge in [-0.1, -0.05) is 12.1 Å². The molecule has 8 nitrogen and oxygen atoms in total. The molecule has 1 amide bonds. The number of likely N-dealkylation sites (tertiary alicyclic amines) is 1. The van der Waals surface area contributed by atoms with Crippen molar-refractivity contribution in [2.75, 3.05) is 13.1 Å². The van der Waals surface area contributed by atoms with Crippen LogP contribution >= 0.6 is 0 Å². The van der Waals surface area contributed by atoms with Crippen molar-refractivity contribution in [1.82, 2.24) is 14.5 Å². The zero-order chi connectivity index (χ0) is 25.4. The van der Waals surface area contributed by atoms with E-state index in [-0.39, 0.29) is 28.8 Å². The van der Waals surface area contributed by atoms with E-state index in [2.05, 4.69) is 4.98 Å². The lowest BCUT2D eigenvalue weighted by Crippen LogP contribution is -2.46. The second kappa shape index (κ2) is 9.55. The van der Waals surface area contributed by atoms with Crippen LogP contribution in [0.3, 0.4) is 0 Å². The van der Waals surface area contributed by atoms with Gasteiger partial charge in [0.15, 0.2) is 5.69 Å². The van der Waals surface area contributed by atoms with Crippen LogP contribution in [-0.4, -0.2) is 50.6 Å². The van der Waals surface area contributed by atoms with E-state index in [1.54, 1.807) is 21.6 Å². The van der Waals surface area contributed by atoms with E-state index in [4.69, 9.17) is 11.0 Å². The van der Waals surface area contributed by atoms with E-state index in [9.17, 15) is 19.1 Å². The maximum atomic E-state index is 14.6. The number of benzene rings is 2. The van der Waals surface area contributed by atoms with Gasteiger partial charge in [-0.25, -0.2) is 9.37 Å². The van der Waals surface area contributed by atoms with Crippen molar-refractivity contribution in [1.29, 1.82) is 5.26 Å². The van der Waals surface area contributed by atoms with Crippen LogP contribution in [-0.2, 0) is 11.2 Å². The summed E-state index contributed by atoms with van der Waals surface area (Å²) in [7, 11) is 0. The molecule has 2 aromatic carbocycles. The van der Waals surface area contributed by atoms with E-state index in [1.165, 1.54) is 17.7 Å². The zero-order valence-corrected chi connectivity index (χ0v) is 19.7. The molecule has 1 aliphatic carbocycles. The van der Waals surface area contributed by atoms with Crippen molar-refractivity contribution in [3.8, 4) is 23.1 Å². The van der Waals surface area contributed by atoms with Gasteiger partial charge in [0.25, 0.3) is 5.91 Å². The third-order valence-corrected chi connectivity index (χ3v) is 6.79. The maximum Gasteiger partial charge on any atom is 0.309 e. The fourth-order valence-electron chi connectivity index (χ4n) is 4.80. The minimum Gasteiger partial charge on any atom is -0.481 e. The number of carboxylic acids is 1. The van der Waals surface area contributed by atoms with Crippen LogP contribution in [0.5, 0.6) is 0 Å². The number of imidazole rings is 1. The number of hydrogen-bond donors (Lipinski definition) is 2. The van der Waals surface area contributed by atoms with Crippen molar-refractivity contribution in [2.24, 2.45) is 5.73 Å². The molecule has 0 radical (unpaired) electrons. The predicted octanol–water partition coefficient (Wildman–Crippen LogP) is 3.62. The molecular formula is C27H26FN5O3. The monoisotopic (exact) mass is 487 g/mol. The van der Waals surface area contributed by atoms with Crippen LogP contribution in [0.25, 0.3) is 17.1 Å². The number of aromatic nitrogens is 2. The fraction of sp³-hybridized carbons (Fsp3) is 0.333. The minimum atomic E-state index is -1.12. The van der Waals surface area contributed by atoms with Crippen molar-refractivity contribution >= 4 is 11.9 Å². The second-order valence-corrected chi connectivity index (χ2v) is 9.46. The third kappa shape index (κ3) is 4.60. The first-order chi connectivity index (χ1) is 17.4. The lowest BCUT2D eigenvalue weighted by Gasteiger charge is -2.30. The van der Waals surface area contributed by atoms with E-state index in [0.717, 1.165) is 25.7 Å². The molecule has 1 aromatic heterocycles. The van der Waals surface area contributed by atoms with Gasteiger partial charge in [-0.15, -0.1) is 0 Å². The summed E-state index contributed by atoms with van der Waals surface area (Å²) in [6.07, 6.45) is 3.39. The number of amides is 1. The highest BCUT2D eigenvalue weighted by atomic mass is 19.1. The quantitative estimate of drug-likeness (QED) is 0.547. The number of nitrogens with zero attached hydrogens (tertiary/aromatic N) is 4. The van der Waals surface area contributed by atoms with E-state index < -0.39 is 24.1 Å². The Morgan fingerprint density at radius 1 is 1.17 bits per heavy atom. The number of carboxylic acid groups (broad SMARTS) is 1. The molecule has 3 aromatic rings. The van der Waals surface area contributed by atoms with E-state index >= 15 is 0 Å². The number of nitriles is 1. The molecule has 1 saturated carbocycles. The molecule has 0 bridgehead atoms. The molecule has 1 aliphatic heterocycles. The van der Waals surface area contributed by atoms with Crippen LogP contribution in [0.4, 0.5) is 4.39 Å². The van der Waals surface area contributed by atoms with Gasteiger partial charge in [-0.2, -0.15) is 5.26 Å². The molecule has 184 valence electrons. The predicted molar refractivity (Wildman–Crippen MR) is 130 cm³/mol. The van der Waals surface area contributed by atoms with Gasteiger partial charge >= 0.3 is 5.97 Å². The SMILES string of the molecule is N#Cc1ccc(-c2nc(C(=O)N3CCC[C@@H](N)C3)c(CC(=O)O)n2-c2ccc(C3CC3)cc2)cc1F. The number of rotatable bonds is 6. The summed E-state index contributed by atoms with van der Waals surface area (Å²) in [6.45, 7) is 0.859. The lowest BCUT2D eigenvalue weighted by atomic mass is 10.1. The maximum absolute atomic E-state index is 14.6. The molecule has 0 unspecified atom stereocenters. The van der Waals surface area contributed by atoms with Crippen molar-refractivity contribution in [3.05, 3.63) is 70.8 Å². The standard InChI is InChI=1S/C27H26FN5O3/c28-22-12-18(5-6-19(22)14-29)26-31-25(27(36)32-11-1-2-20(30)15-32)23(13-24(34)35)33(26)21-9-7-17(8-10-21)16-3-4-16/h5-10,12,16,20H,1-4,11,13,15,30H2,(H,34,35)/t20-/m1/s1. The number of piperidine rings is 1. The Morgan fingerprint density at radius 2 is 1.92 bits per heavy atom. The van der Waals surface area contributed by atoms with Crippen LogP contribution in [0.2, 0.25) is 0 Å². The van der Waals surface area contributed by atoms with Gasteiger partial charge in [0.1, 0.15) is 17.7 Å². The Balaban J connectivity index is 1.69. The van der Waals surface area contributed by atoms with Gasteiger partial charge in [-0.05, 0) is 67.5 Å². The fourth-order valence-corrected chi connectivity index (χ4v) is 4.80. The molecule has 2 fully saturated rings. The summed E-state index contributed by atoms with van der Waals surface area (Å²) in [6, 6.07) is 13.5. The third-order valence-electron chi connectivity index (χ3n) is 6.79. The number of aliphatic carboxylic acids is 1. The van der Waals surface area contributed by atoms with Crippen molar-refractivity contribution in [2.45, 2.75) is 44.1 Å². The van der Waals surface area contributed by atoms with Crippen molar-refractivity contribution < 1.29 is 19.1 Å². The van der Waals surface area contributed by atoms with Crippen LogP contribution in [0, 0.1) is 17.1 Å². The highest BCUT2D eigenvalue weighted by Crippen LogP contribution is 2.40.